The molecule has 0 aromatic heterocycles. The standard InChI is InChI=1S/C22H26F3N3O5S/c1-32-18-12-15(11-16(18)20(29)27-21(13-26)4-5-21)34(30,31)19-3-2-14(10-17(19)22(23,24)25)28-6-8-33-9-7-28/h2-3,10,15-16,18H,4-9,11-12H2,1H3,(H,27,29)/t15-,16-,18-/m1/s1. The molecule has 2 saturated carbocycles. The van der Waals surface area contributed by atoms with E-state index in [1.165, 1.54) is 13.2 Å². The number of methoxy groups -OCH3 is 1. The van der Waals surface area contributed by atoms with Gasteiger partial charge < -0.3 is 19.7 Å². The SMILES string of the molecule is CO[C@@H]1C[C@H](S(=O)(=O)c2ccc(N3CCOCC3)cc2C(F)(F)F)C[C@H]1C(=O)NC1(C#N)CC1. The first-order valence-electron chi connectivity index (χ1n) is 11.0. The molecule has 1 amide bonds. The molecule has 1 N–H and O–H groups in total. The van der Waals surface area contributed by atoms with Crippen LogP contribution in [0.15, 0.2) is 23.1 Å². The molecule has 12 heteroatoms. The smallest absolute Gasteiger partial charge is 0.381 e. The lowest BCUT2D eigenvalue weighted by Gasteiger charge is -2.30. The zero-order valence-electron chi connectivity index (χ0n) is 18.6. The van der Waals surface area contributed by atoms with E-state index in [1.807, 2.05) is 6.07 Å². The van der Waals surface area contributed by atoms with Gasteiger partial charge in [0.25, 0.3) is 0 Å². The van der Waals surface area contributed by atoms with Crippen molar-refractivity contribution in [1.29, 1.82) is 5.26 Å². The summed E-state index contributed by atoms with van der Waals surface area (Å²) in [4.78, 5) is 13.7. The predicted molar refractivity (Wildman–Crippen MR) is 115 cm³/mol. The number of nitrogens with one attached hydrogen (secondary N) is 1. The summed E-state index contributed by atoms with van der Waals surface area (Å²) in [6, 6.07) is 5.29. The van der Waals surface area contributed by atoms with E-state index in [2.05, 4.69) is 5.32 Å². The summed E-state index contributed by atoms with van der Waals surface area (Å²) in [5, 5.41) is 10.6. The maximum atomic E-state index is 14.0. The fourth-order valence-electron chi connectivity index (χ4n) is 4.65. The second-order valence-corrected chi connectivity index (χ2v) is 11.2. The zero-order chi connectivity index (χ0) is 24.7. The lowest BCUT2D eigenvalue weighted by molar-refractivity contribution is -0.139. The number of carbonyl (C=O) groups is 1. The van der Waals surface area contributed by atoms with Crippen molar-refractivity contribution in [2.45, 2.75) is 53.6 Å². The topological polar surface area (TPSA) is 109 Å². The molecule has 3 fully saturated rings. The molecular weight excluding hydrogens is 475 g/mol. The Morgan fingerprint density at radius 2 is 1.94 bits per heavy atom. The van der Waals surface area contributed by atoms with Gasteiger partial charge in [-0.05, 0) is 43.9 Å². The van der Waals surface area contributed by atoms with Gasteiger partial charge in [0.1, 0.15) is 5.54 Å². The number of morpholine rings is 1. The second kappa shape index (κ2) is 9.02. The van der Waals surface area contributed by atoms with Gasteiger partial charge in [-0.15, -0.1) is 0 Å². The second-order valence-electron chi connectivity index (χ2n) is 8.98. The van der Waals surface area contributed by atoms with Gasteiger partial charge in [-0.2, -0.15) is 18.4 Å². The van der Waals surface area contributed by atoms with E-state index >= 15 is 0 Å². The number of ether oxygens (including phenoxy) is 2. The molecule has 0 spiro atoms. The average Bonchev–Trinajstić information content (AvgIpc) is 3.44. The van der Waals surface area contributed by atoms with Gasteiger partial charge in [0.2, 0.25) is 5.91 Å². The Hall–Kier alpha value is -2.36. The van der Waals surface area contributed by atoms with Crippen LogP contribution in [0.5, 0.6) is 0 Å². The molecule has 1 heterocycles. The summed E-state index contributed by atoms with van der Waals surface area (Å²) in [5.74, 6) is -1.39. The minimum absolute atomic E-state index is 0.112. The van der Waals surface area contributed by atoms with E-state index in [-0.39, 0.29) is 18.5 Å². The Kier molecular flexibility index (Phi) is 6.56. The Morgan fingerprint density at radius 3 is 2.50 bits per heavy atom. The normalized spacial score (nSPS) is 26.7. The Morgan fingerprint density at radius 1 is 1.26 bits per heavy atom. The molecule has 0 unspecified atom stereocenters. The summed E-state index contributed by atoms with van der Waals surface area (Å²) < 4.78 is 79.3. The van der Waals surface area contributed by atoms with Crippen LogP contribution in [-0.4, -0.2) is 64.6 Å². The van der Waals surface area contributed by atoms with E-state index in [1.54, 1.807) is 4.90 Å². The van der Waals surface area contributed by atoms with Crippen LogP contribution in [-0.2, 0) is 30.3 Å². The van der Waals surface area contributed by atoms with Crippen LogP contribution < -0.4 is 10.2 Å². The molecule has 4 rings (SSSR count). The van der Waals surface area contributed by atoms with Crippen LogP contribution in [0.3, 0.4) is 0 Å². The number of amides is 1. The molecule has 3 atom stereocenters. The number of rotatable bonds is 6. The first kappa shape index (κ1) is 24.8. The largest absolute Gasteiger partial charge is 0.417 e. The third-order valence-electron chi connectivity index (χ3n) is 6.82. The van der Waals surface area contributed by atoms with Crippen molar-refractivity contribution in [3.63, 3.8) is 0 Å². The van der Waals surface area contributed by atoms with Crippen LogP contribution in [0.4, 0.5) is 18.9 Å². The highest BCUT2D eigenvalue weighted by Gasteiger charge is 2.51. The minimum Gasteiger partial charge on any atom is -0.381 e. The molecule has 1 aromatic carbocycles. The third kappa shape index (κ3) is 4.74. The van der Waals surface area contributed by atoms with Crippen LogP contribution in [0.25, 0.3) is 0 Å². The Balaban J connectivity index is 1.62. The molecule has 1 aliphatic heterocycles. The quantitative estimate of drug-likeness (QED) is 0.637. The van der Waals surface area contributed by atoms with Crippen molar-refractivity contribution in [2.24, 2.45) is 5.92 Å². The van der Waals surface area contributed by atoms with Gasteiger partial charge in [-0.1, -0.05) is 0 Å². The Labute approximate surface area is 195 Å². The molecule has 34 heavy (non-hydrogen) atoms. The number of alkyl halides is 3. The maximum absolute atomic E-state index is 14.0. The van der Waals surface area contributed by atoms with Crippen molar-refractivity contribution in [3.8, 4) is 6.07 Å². The van der Waals surface area contributed by atoms with Crippen molar-refractivity contribution >= 4 is 21.4 Å². The molecular formula is C22H26F3N3O5S. The number of carbonyl (C=O) groups excluding carboxylic acids is 1. The van der Waals surface area contributed by atoms with Gasteiger partial charge in [0.15, 0.2) is 9.84 Å². The highest BCUT2D eigenvalue weighted by atomic mass is 32.2. The molecule has 0 bridgehead atoms. The number of sulfone groups is 1. The van der Waals surface area contributed by atoms with E-state index in [0.29, 0.717) is 39.1 Å². The summed E-state index contributed by atoms with van der Waals surface area (Å²) in [6.07, 6.45) is -4.95. The summed E-state index contributed by atoms with van der Waals surface area (Å²) in [7, 11) is -3.10. The third-order valence-corrected chi connectivity index (χ3v) is 9.05. The maximum Gasteiger partial charge on any atom is 0.417 e. The van der Waals surface area contributed by atoms with Crippen LogP contribution in [0.2, 0.25) is 0 Å². The van der Waals surface area contributed by atoms with Crippen molar-refractivity contribution in [1.82, 2.24) is 5.32 Å². The van der Waals surface area contributed by atoms with Gasteiger partial charge in [-0.3, -0.25) is 4.79 Å². The molecule has 3 aliphatic rings. The number of halogens is 3. The molecule has 2 aliphatic carbocycles. The summed E-state index contributed by atoms with van der Waals surface area (Å²) in [5.41, 5.74) is -1.88. The average molecular weight is 502 g/mol. The molecule has 186 valence electrons. The minimum atomic E-state index is -4.88. The molecule has 1 aromatic rings. The number of hydrogen-bond donors (Lipinski definition) is 1. The lowest BCUT2D eigenvalue weighted by atomic mass is 10.0. The number of benzene rings is 1. The van der Waals surface area contributed by atoms with E-state index < -0.39 is 55.2 Å². The van der Waals surface area contributed by atoms with E-state index in [4.69, 9.17) is 9.47 Å². The van der Waals surface area contributed by atoms with E-state index in [0.717, 1.165) is 12.1 Å². The highest BCUT2D eigenvalue weighted by molar-refractivity contribution is 7.92. The van der Waals surface area contributed by atoms with Crippen molar-refractivity contribution in [3.05, 3.63) is 23.8 Å². The molecule has 1 saturated heterocycles. The number of nitriles is 1. The number of anilines is 1. The van der Waals surface area contributed by atoms with E-state index in [9.17, 15) is 31.6 Å². The van der Waals surface area contributed by atoms with Gasteiger partial charge in [0, 0.05) is 25.9 Å². The first-order valence-corrected chi connectivity index (χ1v) is 12.6. The van der Waals surface area contributed by atoms with Crippen molar-refractivity contribution < 1.29 is 35.9 Å². The molecule has 0 radical (unpaired) electrons. The summed E-state index contributed by atoms with van der Waals surface area (Å²) >= 11 is 0. The van der Waals surface area contributed by atoms with Crippen LogP contribution >= 0.6 is 0 Å². The van der Waals surface area contributed by atoms with Gasteiger partial charge in [0.05, 0.1) is 47.0 Å². The fraction of sp³-hybridized carbons (Fsp3) is 0.636. The Bertz CT molecular complexity index is 1090. The summed E-state index contributed by atoms with van der Waals surface area (Å²) in [6.45, 7) is 1.56. The predicted octanol–water partition coefficient (Wildman–Crippen LogP) is 2.28. The zero-order valence-corrected chi connectivity index (χ0v) is 19.4. The van der Waals surface area contributed by atoms with Crippen molar-refractivity contribution in [2.75, 3.05) is 38.3 Å². The first-order chi connectivity index (χ1) is 16.0. The monoisotopic (exact) mass is 501 g/mol. The molecule has 8 nitrogen and oxygen atoms in total. The fourth-order valence-corrected chi connectivity index (χ4v) is 6.65. The number of hydrogen-bond acceptors (Lipinski definition) is 7. The van der Waals surface area contributed by atoms with Crippen LogP contribution in [0.1, 0.15) is 31.2 Å². The van der Waals surface area contributed by atoms with Gasteiger partial charge in [-0.25, -0.2) is 8.42 Å². The van der Waals surface area contributed by atoms with Crippen LogP contribution in [0, 0.1) is 17.2 Å². The highest BCUT2D eigenvalue weighted by Crippen LogP contribution is 2.43. The number of nitrogens with zero attached hydrogens (tertiary/aromatic N) is 2. The van der Waals surface area contributed by atoms with Gasteiger partial charge >= 0.3 is 6.18 Å². The lowest BCUT2D eigenvalue weighted by Crippen LogP contribution is -2.42.